The van der Waals surface area contributed by atoms with Crippen molar-refractivity contribution in [2.24, 2.45) is 0 Å². The van der Waals surface area contributed by atoms with Gasteiger partial charge in [0.1, 0.15) is 6.04 Å². The van der Waals surface area contributed by atoms with Crippen LogP contribution in [0.15, 0.2) is 0 Å². The number of carboxylic acids is 1. The lowest BCUT2D eigenvalue weighted by Crippen LogP contribution is -2.61. The number of amides is 3. The van der Waals surface area contributed by atoms with Gasteiger partial charge >= 0.3 is 12.0 Å². The van der Waals surface area contributed by atoms with Gasteiger partial charge in [0.15, 0.2) is 0 Å². The van der Waals surface area contributed by atoms with E-state index in [2.05, 4.69) is 5.32 Å². The Morgan fingerprint density at radius 1 is 1.57 bits per heavy atom. The number of hydrogen-bond acceptors (Lipinski definition) is 4. The predicted octanol–water partition coefficient (Wildman–Crippen LogP) is 0.455. The zero-order valence-electron chi connectivity index (χ0n) is 12.7. The minimum Gasteiger partial charge on any atom is -0.481 e. The smallest absolute Gasteiger partial charge is 0.320 e. The highest BCUT2D eigenvalue weighted by Crippen LogP contribution is 2.16. The fourth-order valence-electron chi connectivity index (χ4n) is 2.37. The molecule has 0 radical (unpaired) electrons. The maximum atomic E-state index is 12.6. The summed E-state index contributed by atoms with van der Waals surface area (Å²) in [5, 5.41) is 11.5. The number of piperazine rings is 1. The standard InChI is InChI=1S/C13H23N3O4S/c1-4-9(8-21-3)15(2)13(20)16-6-5-14-12(19)10(16)7-11(17)18/h9-10H,4-8H2,1-3H3,(H,14,19)(H,17,18). The average molecular weight is 317 g/mol. The third-order valence-corrected chi connectivity index (χ3v) is 4.34. The molecular formula is C13H23N3O4S. The lowest BCUT2D eigenvalue weighted by atomic mass is 10.1. The van der Waals surface area contributed by atoms with Gasteiger partial charge < -0.3 is 20.2 Å². The van der Waals surface area contributed by atoms with E-state index in [4.69, 9.17) is 5.11 Å². The van der Waals surface area contributed by atoms with Crippen LogP contribution in [0, 0.1) is 0 Å². The zero-order valence-corrected chi connectivity index (χ0v) is 13.5. The molecule has 1 aliphatic heterocycles. The quantitative estimate of drug-likeness (QED) is 0.742. The molecule has 0 bridgehead atoms. The Morgan fingerprint density at radius 3 is 2.76 bits per heavy atom. The summed E-state index contributed by atoms with van der Waals surface area (Å²) >= 11 is 1.65. The molecule has 1 saturated heterocycles. The minimum absolute atomic E-state index is 0.0722. The molecule has 120 valence electrons. The number of nitrogens with one attached hydrogen (secondary N) is 1. The topological polar surface area (TPSA) is 90.0 Å². The molecule has 1 fully saturated rings. The van der Waals surface area contributed by atoms with E-state index in [0.29, 0.717) is 13.1 Å². The van der Waals surface area contributed by atoms with Crippen LogP contribution in [-0.2, 0) is 9.59 Å². The molecule has 7 nitrogen and oxygen atoms in total. The van der Waals surface area contributed by atoms with Crippen molar-refractivity contribution in [2.75, 3.05) is 32.1 Å². The SMILES string of the molecule is CCC(CSC)N(C)C(=O)N1CCNC(=O)C1CC(=O)O. The van der Waals surface area contributed by atoms with Crippen LogP contribution >= 0.6 is 11.8 Å². The summed E-state index contributed by atoms with van der Waals surface area (Å²) in [7, 11) is 1.71. The fraction of sp³-hybridized carbons (Fsp3) is 0.769. The van der Waals surface area contributed by atoms with Gasteiger partial charge in [0.25, 0.3) is 0 Å². The highest BCUT2D eigenvalue weighted by molar-refractivity contribution is 7.98. The first-order valence-corrected chi connectivity index (χ1v) is 8.33. The van der Waals surface area contributed by atoms with E-state index in [9.17, 15) is 14.4 Å². The fourth-order valence-corrected chi connectivity index (χ4v) is 3.21. The molecule has 0 aromatic carbocycles. The van der Waals surface area contributed by atoms with Crippen LogP contribution < -0.4 is 5.32 Å². The normalized spacial score (nSPS) is 19.9. The molecule has 2 unspecified atom stereocenters. The third kappa shape index (κ3) is 4.52. The van der Waals surface area contributed by atoms with Crippen LogP contribution in [0.5, 0.6) is 0 Å². The summed E-state index contributed by atoms with van der Waals surface area (Å²) in [4.78, 5) is 38.3. The van der Waals surface area contributed by atoms with Gasteiger partial charge in [-0.25, -0.2) is 4.79 Å². The number of carbonyl (C=O) groups excluding carboxylic acids is 2. The van der Waals surface area contributed by atoms with Gasteiger partial charge in [0, 0.05) is 31.9 Å². The largest absolute Gasteiger partial charge is 0.481 e. The van der Waals surface area contributed by atoms with Crippen molar-refractivity contribution >= 4 is 29.7 Å². The lowest BCUT2D eigenvalue weighted by Gasteiger charge is -2.38. The Kier molecular flexibility index (Phi) is 6.80. The molecule has 1 aliphatic rings. The first kappa shape index (κ1) is 17.6. The molecule has 0 saturated carbocycles. The second-order valence-electron chi connectivity index (χ2n) is 5.01. The molecule has 2 atom stereocenters. The van der Waals surface area contributed by atoms with E-state index in [1.165, 1.54) is 4.90 Å². The van der Waals surface area contributed by atoms with Crippen molar-refractivity contribution in [3.63, 3.8) is 0 Å². The molecule has 1 heterocycles. The highest BCUT2D eigenvalue weighted by atomic mass is 32.2. The van der Waals surface area contributed by atoms with Gasteiger partial charge in [-0.15, -0.1) is 0 Å². The lowest BCUT2D eigenvalue weighted by molar-refractivity contribution is -0.142. The number of thioether (sulfide) groups is 1. The summed E-state index contributed by atoms with van der Waals surface area (Å²) < 4.78 is 0. The van der Waals surface area contributed by atoms with E-state index in [1.807, 2.05) is 13.2 Å². The monoisotopic (exact) mass is 317 g/mol. The molecule has 2 N–H and O–H groups in total. The number of aliphatic carboxylic acids is 1. The predicted molar refractivity (Wildman–Crippen MR) is 81.4 cm³/mol. The molecule has 8 heteroatoms. The van der Waals surface area contributed by atoms with Crippen LogP contribution in [0.25, 0.3) is 0 Å². The molecule has 21 heavy (non-hydrogen) atoms. The first-order chi connectivity index (χ1) is 9.92. The van der Waals surface area contributed by atoms with E-state index in [0.717, 1.165) is 12.2 Å². The molecule has 0 aliphatic carbocycles. The van der Waals surface area contributed by atoms with Crippen molar-refractivity contribution in [1.29, 1.82) is 0 Å². The second kappa shape index (κ2) is 8.11. The van der Waals surface area contributed by atoms with Crippen LogP contribution in [0.4, 0.5) is 4.79 Å². The van der Waals surface area contributed by atoms with Crippen LogP contribution in [0.2, 0.25) is 0 Å². The first-order valence-electron chi connectivity index (χ1n) is 6.94. The summed E-state index contributed by atoms with van der Waals surface area (Å²) in [6, 6.07) is -1.14. The van der Waals surface area contributed by atoms with Gasteiger partial charge in [-0.3, -0.25) is 9.59 Å². The molecule has 1 rings (SSSR count). The number of carbonyl (C=O) groups is 3. The maximum Gasteiger partial charge on any atom is 0.320 e. The molecule has 3 amide bonds. The minimum atomic E-state index is -1.09. The molecule has 0 aromatic heterocycles. The van der Waals surface area contributed by atoms with Crippen molar-refractivity contribution in [1.82, 2.24) is 15.1 Å². The van der Waals surface area contributed by atoms with E-state index >= 15 is 0 Å². The van der Waals surface area contributed by atoms with Crippen LogP contribution in [0.1, 0.15) is 19.8 Å². The van der Waals surface area contributed by atoms with Gasteiger partial charge in [0.2, 0.25) is 5.91 Å². The van der Waals surface area contributed by atoms with E-state index in [-0.39, 0.29) is 18.5 Å². The van der Waals surface area contributed by atoms with Crippen molar-refractivity contribution in [3.8, 4) is 0 Å². The van der Waals surface area contributed by atoms with Gasteiger partial charge in [-0.1, -0.05) is 6.92 Å². The Hall–Kier alpha value is -1.44. The highest BCUT2D eigenvalue weighted by Gasteiger charge is 2.37. The second-order valence-corrected chi connectivity index (χ2v) is 5.92. The summed E-state index contributed by atoms with van der Waals surface area (Å²) in [6.07, 6.45) is 2.42. The Balaban J connectivity index is 2.85. The number of carboxylic acid groups (broad SMARTS) is 1. The summed E-state index contributed by atoms with van der Waals surface area (Å²) in [6.45, 7) is 2.69. The van der Waals surface area contributed by atoms with Crippen molar-refractivity contribution in [2.45, 2.75) is 31.8 Å². The zero-order chi connectivity index (χ0) is 16.0. The van der Waals surface area contributed by atoms with Gasteiger partial charge in [-0.2, -0.15) is 11.8 Å². The maximum absolute atomic E-state index is 12.6. The molecule has 0 aromatic rings. The van der Waals surface area contributed by atoms with Gasteiger partial charge in [0.05, 0.1) is 6.42 Å². The molecule has 0 spiro atoms. The van der Waals surface area contributed by atoms with Gasteiger partial charge in [-0.05, 0) is 12.7 Å². The summed E-state index contributed by atoms with van der Waals surface area (Å²) in [5.74, 6) is -0.681. The molecular weight excluding hydrogens is 294 g/mol. The Labute approximate surface area is 129 Å². The summed E-state index contributed by atoms with van der Waals surface area (Å²) in [5.41, 5.74) is 0. The van der Waals surface area contributed by atoms with Crippen molar-refractivity contribution in [3.05, 3.63) is 0 Å². The van der Waals surface area contributed by atoms with E-state index in [1.54, 1.807) is 23.7 Å². The number of rotatable bonds is 6. The van der Waals surface area contributed by atoms with Crippen LogP contribution in [0.3, 0.4) is 0 Å². The third-order valence-electron chi connectivity index (χ3n) is 3.62. The Bertz CT molecular complexity index is 405. The van der Waals surface area contributed by atoms with E-state index < -0.39 is 17.9 Å². The average Bonchev–Trinajstić information content (AvgIpc) is 2.45. The number of hydrogen-bond donors (Lipinski definition) is 2. The number of nitrogens with zero attached hydrogens (tertiary/aromatic N) is 2. The number of urea groups is 1. The van der Waals surface area contributed by atoms with Crippen LogP contribution in [-0.4, -0.2) is 77.0 Å². The van der Waals surface area contributed by atoms with Crippen molar-refractivity contribution < 1.29 is 19.5 Å². The Morgan fingerprint density at radius 2 is 2.24 bits per heavy atom.